The van der Waals surface area contributed by atoms with Gasteiger partial charge in [-0.05, 0) is 18.1 Å². The van der Waals surface area contributed by atoms with Gasteiger partial charge in [0.15, 0.2) is 0 Å². The van der Waals surface area contributed by atoms with Crippen molar-refractivity contribution < 1.29 is 10.2 Å². The quantitative estimate of drug-likeness (QED) is 0.404. The van der Waals surface area contributed by atoms with Gasteiger partial charge < -0.3 is 10.2 Å². The molecule has 5 nitrogen and oxygen atoms in total. The molecule has 1 rings (SSSR count). The van der Waals surface area contributed by atoms with Gasteiger partial charge in [0.2, 0.25) is 0 Å². The molecule has 0 aliphatic rings. The molecule has 0 saturated heterocycles. The smallest absolute Gasteiger partial charge is 0.137 e. The molecule has 0 unspecified atom stereocenters. The lowest BCUT2D eigenvalue weighted by molar-refractivity contribution is 0.153. The lowest BCUT2D eigenvalue weighted by Crippen LogP contribution is -2.29. The van der Waals surface area contributed by atoms with Crippen LogP contribution in [0, 0.1) is 11.5 Å². The van der Waals surface area contributed by atoms with Crippen molar-refractivity contribution in [2.24, 2.45) is 0 Å². The maximum Gasteiger partial charge on any atom is 0.137 e. The molecule has 0 spiro atoms. The van der Waals surface area contributed by atoms with Crippen molar-refractivity contribution in [1.82, 2.24) is 15.0 Å². The van der Waals surface area contributed by atoms with Crippen molar-refractivity contribution in [3.8, 4) is 11.5 Å². The number of aliphatic hydroxyl groups is 2. The Morgan fingerprint density at radius 1 is 1.22 bits per heavy atom. The number of aromatic nitrogens is 3. The van der Waals surface area contributed by atoms with E-state index in [0.29, 0.717) is 25.1 Å². The molecule has 1 aromatic rings. The Hall–Kier alpha value is -0.873. The van der Waals surface area contributed by atoms with E-state index in [2.05, 4.69) is 42.5 Å². The molecule has 0 amide bonds. The van der Waals surface area contributed by atoms with Gasteiger partial charge in [-0.15, -0.1) is 28.2 Å². The minimum absolute atomic E-state index is 0.170. The third-order valence-corrected chi connectivity index (χ3v) is 9.45. The first-order chi connectivity index (χ1) is 11.0. The lowest BCUT2D eigenvalue weighted by Gasteiger charge is -2.20. The van der Waals surface area contributed by atoms with Crippen LogP contribution in [0.5, 0.6) is 0 Å². The summed E-state index contributed by atoms with van der Waals surface area (Å²) in [4.78, 5) is 0. The van der Waals surface area contributed by atoms with Crippen LogP contribution in [-0.4, -0.2) is 51.4 Å². The van der Waals surface area contributed by atoms with E-state index in [0.717, 1.165) is 0 Å². The van der Waals surface area contributed by atoms with Gasteiger partial charge in [0.1, 0.15) is 8.07 Å². The molecule has 0 saturated carbocycles. The molecule has 0 aliphatic heterocycles. The van der Waals surface area contributed by atoms with E-state index in [9.17, 15) is 10.2 Å². The number of alkyl halides is 1. The van der Waals surface area contributed by atoms with E-state index in [1.165, 1.54) is 18.1 Å². The van der Waals surface area contributed by atoms with Crippen LogP contribution in [0.15, 0.2) is 6.20 Å². The van der Waals surface area contributed by atoms with Gasteiger partial charge in [-0.3, -0.25) is 0 Å². The molecule has 7 heteroatoms. The number of nitrogens with zero attached hydrogens (tertiary/aromatic N) is 3. The van der Waals surface area contributed by atoms with E-state index >= 15 is 0 Å². The third kappa shape index (κ3) is 6.64. The number of hydrogen-bond acceptors (Lipinski definition) is 4. The summed E-state index contributed by atoms with van der Waals surface area (Å²) in [6, 6.07) is 3.50. The number of halogens is 1. The molecule has 2 N–H and O–H groups in total. The van der Waals surface area contributed by atoms with Crippen molar-refractivity contribution in [2.45, 2.75) is 70.5 Å². The molecule has 23 heavy (non-hydrogen) atoms. The predicted octanol–water partition coefficient (Wildman–Crippen LogP) is 2.22. The van der Waals surface area contributed by atoms with Gasteiger partial charge in [-0.2, -0.15) is 0 Å². The van der Waals surface area contributed by atoms with E-state index in [-0.39, 0.29) is 5.88 Å². The minimum Gasteiger partial charge on any atom is -0.391 e. The van der Waals surface area contributed by atoms with Crippen LogP contribution in [-0.2, 0) is 13.0 Å². The Morgan fingerprint density at radius 3 is 2.43 bits per heavy atom. The second kappa shape index (κ2) is 10.1. The van der Waals surface area contributed by atoms with Crippen LogP contribution in [0.2, 0.25) is 18.1 Å². The fourth-order valence-corrected chi connectivity index (χ4v) is 5.09. The van der Waals surface area contributed by atoms with Gasteiger partial charge in [0.05, 0.1) is 24.4 Å². The van der Waals surface area contributed by atoms with Gasteiger partial charge >= 0.3 is 0 Å². The Bertz CT molecular complexity index is 515. The summed E-state index contributed by atoms with van der Waals surface area (Å²) in [6.45, 7) is 7.02. The zero-order valence-electron chi connectivity index (χ0n) is 14.3. The maximum absolute atomic E-state index is 10.1. The summed E-state index contributed by atoms with van der Waals surface area (Å²) in [5.74, 6) is 3.36. The van der Waals surface area contributed by atoms with Crippen LogP contribution in [0.25, 0.3) is 0 Å². The molecule has 0 radical (unpaired) electrons. The highest BCUT2D eigenvalue weighted by Gasteiger charge is 2.24. The fourth-order valence-electron chi connectivity index (χ4n) is 2.47. The van der Waals surface area contributed by atoms with Gasteiger partial charge in [0.25, 0.3) is 0 Å². The Labute approximate surface area is 145 Å². The third-order valence-electron chi connectivity index (χ3n) is 4.33. The van der Waals surface area contributed by atoms with Crippen molar-refractivity contribution in [1.29, 1.82) is 0 Å². The zero-order valence-corrected chi connectivity index (χ0v) is 16.1. The largest absolute Gasteiger partial charge is 0.391 e. The number of rotatable bonds is 9. The Balaban J connectivity index is 2.53. The standard InChI is InChI=1S/C16H28ClN3O2Si/c1-4-23(5-2,6-3)9-7-8-15(21)13-20-12-14(18-19-20)10-16(22)11-17/h12,15-16,21-22H,4-6,8,10-11,13H2,1-3H3/t15-,16-/m1/s1. The highest BCUT2D eigenvalue weighted by molar-refractivity contribution is 6.87. The second-order valence-electron chi connectivity index (χ2n) is 5.94. The maximum atomic E-state index is 10.1. The first kappa shape index (κ1) is 20.2. The monoisotopic (exact) mass is 357 g/mol. The molecule has 1 heterocycles. The molecule has 130 valence electrons. The molecule has 0 aromatic carbocycles. The molecular weight excluding hydrogens is 330 g/mol. The Kier molecular flexibility index (Phi) is 8.85. The van der Waals surface area contributed by atoms with Gasteiger partial charge in [-0.1, -0.05) is 26.0 Å². The minimum atomic E-state index is -1.44. The normalized spacial score (nSPS) is 14.2. The molecule has 2 atom stereocenters. The van der Waals surface area contributed by atoms with Crippen LogP contribution >= 0.6 is 11.6 Å². The van der Waals surface area contributed by atoms with Crippen LogP contribution in [0.3, 0.4) is 0 Å². The van der Waals surface area contributed by atoms with Gasteiger partial charge in [-0.25, -0.2) is 4.68 Å². The predicted molar refractivity (Wildman–Crippen MR) is 96.0 cm³/mol. The van der Waals surface area contributed by atoms with Crippen molar-refractivity contribution in [2.75, 3.05) is 5.88 Å². The Morgan fingerprint density at radius 2 is 1.87 bits per heavy atom. The second-order valence-corrected chi connectivity index (χ2v) is 11.2. The SMILES string of the molecule is CC[Si](C#CC[C@@H](O)Cn1cc(C[C@@H](O)CCl)nn1)(CC)CC. The summed E-state index contributed by atoms with van der Waals surface area (Å²) in [5.41, 5.74) is 4.15. The summed E-state index contributed by atoms with van der Waals surface area (Å²) in [5, 5.41) is 27.5. The molecule has 0 fully saturated rings. The van der Waals surface area contributed by atoms with E-state index in [1.54, 1.807) is 10.9 Å². The molecule has 0 bridgehead atoms. The first-order valence-corrected chi connectivity index (χ1v) is 11.4. The topological polar surface area (TPSA) is 71.2 Å². The lowest BCUT2D eigenvalue weighted by atomic mass is 10.2. The number of hydrogen-bond donors (Lipinski definition) is 2. The van der Waals surface area contributed by atoms with Crippen molar-refractivity contribution >= 4 is 19.7 Å². The van der Waals surface area contributed by atoms with Crippen LogP contribution < -0.4 is 0 Å². The highest BCUT2D eigenvalue weighted by Crippen LogP contribution is 2.18. The van der Waals surface area contributed by atoms with Crippen molar-refractivity contribution in [3.63, 3.8) is 0 Å². The summed E-state index contributed by atoms with van der Waals surface area (Å²) >= 11 is 5.57. The highest BCUT2D eigenvalue weighted by atomic mass is 35.5. The van der Waals surface area contributed by atoms with Crippen LogP contribution in [0.1, 0.15) is 32.9 Å². The summed E-state index contributed by atoms with van der Waals surface area (Å²) in [7, 11) is -1.44. The molecular formula is C16H28ClN3O2Si. The van der Waals surface area contributed by atoms with E-state index < -0.39 is 20.3 Å². The zero-order chi connectivity index (χ0) is 17.3. The van der Waals surface area contributed by atoms with Crippen molar-refractivity contribution in [3.05, 3.63) is 11.9 Å². The van der Waals surface area contributed by atoms with Gasteiger partial charge in [0, 0.05) is 24.9 Å². The van der Waals surface area contributed by atoms with E-state index in [4.69, 9.17) is 11.6 Å². The molecule has 0 aliphatic carbocycles. The number of aliphatic hydroxyl groups excluding tert-OH is 2. The average Bonchev–Trinajstić information content (AvgIpc) is 2.98. The summed E-state index contributed by atoms with van der Waals surface area (Å²) < 4.78 is 1.59. The van der Waals surface area contributed by atoms with E-state index in [1.807, 2.05) is 0 Å². The summed E-state index contributed by atoms with van der Waals surface area (Å²) in [6.07, 6.45) is 1.38. The molecule has 1 aromatic heterocycles. The fraction of sp³-hybridized carbons (Fsp3) is 0.750. The average molecular weight is 358 g/mol. The van der Waals surface area contributed by atoms with Crippen LogP contribution in [0.4, 0.5) is 0 Å². The first-order valence-electron chi connectivity index (χ1n) is 8.29.